The van der Waals surface area contributed by atoms with E-state index in [2.05, 4.69) is 48.2 Å². The Labute approximate surface area is 159 Å². The molecule has 0 aliphatic rings. The third kappa shape index (κ3) is 7.74. The molecular formula is C19H34N4O2S. The minimum Gasteiger partial charge on any atom is -0.356 e. The van der Waals surface area contributed by atoms with Crippen LogP contribution in [0, 0.1) is 0 Å². The van der Waals surface area contributed by atoms with Crippen LogP contribution in [-0.2, 0) is 16.3 Å². The van der Waals surface area contributed by atoms with Gasteiger partial charge in [0.2, 0.25) is 0 Å². The zero-order chi connectivity index (χ0) is 19.7. The molecular weight excluding hydrogens is 348 g/mol. The lowest BCUT2D eigenvalue weighted by Crippen LogP contribution is -2.45. The average molecular weight is 383 g/mol. The number of hydrogen-bond acceptors (Lipinski definition) is 4. The van der Waals surface area contributed by atoms with Crippen LogP contribution in [0.15, 0.2) is 34.2 Å². The SMILES string of the molecule is CN=C(NCCc1ccc(S(C)(=O)=O)cc1)NCCN(C(C)C)C(C)C. The number of aliphatic imine (C=N–C) groups is 1. The fraction of sp³-hybridized carbons (Fsp3) is 0.632. The summed E-state index contributed by atoms with van der Waals surface area (Å²) in [5, 5.41) is 6.64. The van der Waals surface area contributed by atoms with Crippen LogP contribution in [-0.4, -0.2) is 64.3 Å². The third-order valence-electron chi connectivity index (χ3n) is 4.27. The summed E-state index contributed by atoms with van der Waals surface area (Å²) < 4.78 is 23.0. The van der Waals surface area contributed by atoms with Crippen molar-refractivity contribution in [2.75, 3.05) is 32.9 Å². The van der Waals surface area contributed by atoms with Gasteiger partial charge in [-0.05, 0) is 51.8 Å². The summed E-state index contributed by atoms with van der Waals surface area (Å²) in [6.07, 6.45) is 2.02. The van der Waals surface area contributed by atoms with E-state index in [9.17, 15) is 8.42 Å². The summed E-state index contributed by atoms with van der Waals surface area (Å²) in [6, 6.07) is 8.06. The molecule has 148 valence electrons. The van der Waals surface area contributed by atoms with Crippen LogP contribution in [0.3, 0.4) is 0 Å². The summed E-state index contributed by atoms with van der Waals surface area (Å²) in [4.78, 5) is 7.04. The van der Waals surface area contributed by atoms with Gasteiger partial charge >= 0.3 is 0 Å². The molecule has 0 saturated heterocycles. The molecule has 1 rings (SSSR count). The van der Waals surface area contributed by atoms with Gasteiger partial charge in [0, 0.05) is 45.0 Å². The molecule has 0 aromatic heterocycles. The van der Waals surface area contributed by atoms with E-state index >= 15 is 0 Å². The third-order valence-corrected chi connectivity index (χ3v) is 5.40. The quantitative estimate of drug-likeness (QED) is 0.504. The van der Waals surface area contributed by atoms with E-state index in [1.54, 1.807) is 19.2 Å². The molecule has 0 fully saturated rings. The fourth-order valence-electron chi connectivity index (χ4n) is 2.87. The van der Waals surface area contributed by atoms with Gasteiger partial charge in [0.25, 0.3) is 0 Å². The summed E-state index contributed by atoms with van der Waals surface area (Å²) in [6.45, 7) is 11.4. The molecule has 1 aromatic carbocycles. The van der Waals surface area contributed by atoms with E-state index in [-0.39, 0.29) is 0 Å². The van der Waals surface area contributed by atoms with Crippen molar-refractivity contribution in [3.8, 4) is 0 Å². The summed E-state index contributed by atoms with van der Waals surface area (Å²) >= 11 is 0. The lowest BCUT2D eigenvalue weighted by Gasteiger charge is -2.30. The first kappa shape index (κ1) is 22.4. The first-order chi connectivity index (χ1) is 12.1. The van der Waals surface area contributed by atoms with E-state index in [4.69, 9.17) is 0 Å². The maximum Gasteiger partial charge on any atom is 0.191 e. The van der Waals surface area contributed by atoms with Crippen LogP contribution >= 0.6 is 0 Å². The van der Waals surface area contributed by atoms with Gasteiger partial charge in [-0.3, -0.25) is 9.89 Å². The number of hydrogen-bond donors (Lipinski definition) is 2. The number of rotatable bonds is 9. The van der Waals surface area contributed by atoms with Crippen LogP contribution in [0.25, 0.3) is 0 Å². The second-order valence-corrected chi connectivity index (χ2v) is 9.03. The zero-order valence-electron chi connectivity index (χ0n) is 16.9. The number of sulfone groups is 1. The molecule has 0 amide bonds. The lowest BCUT2D eigenvalue weighted by molar-refractivity contribution is 0.178. The summed E-state index contributed by atoms with van der Waals surface area (Å²) in [5.74, 6) is 0.783. The summed E-state index contributed by atoms with van der Waals surface area (Å²) in [5.41, 5.74) is 1.09. The van der Waals surface area contributed by atoms with Crippen molar-refractivity contribution in [3.05, 3.63) is 29.8 Å². The van der Waals surface area contributed by atoms with Gasteiger partial charge in [-0.1, -0.05) is 12.1 Å². The van der Waals surface area contributed by atoms with E-state index < -0.39 is 9.84 Å². The van der Waals surface area contributed by atoms with Crippen LogP contribution in [0.2, 0.25) is 0 Å². The van der Waals surface area contributed by atoms with Gasteiger partial charge in [-0.2, -0.15) is 0 Å². The van der Waals surface area contributed by atoms with Crippen molar-refractivity contribution in [3.63, 3.8) is 0 Å². The Morgan fingerprint density at radius 1 is 1.04 bits per heavy atom. The topological polar surface area (TPSA) is 73.8 Å². The van der Waals surface area contributed by atoms with E-state index in [0.717, 1.165) is 37.6 Å². The highest BCUT2D eigenvalue weighted by Crippen LogP contribution is 2.10. The van der Waals surface area contributed by atoms with E-state index in [1.165, 1.54) is 6.26 Å². The summed E-state index contributed by atoms with van der Waals surface area (Å²) in [7, 11) is -1.37. The maximum atomic E-state index is 11.5. The number of nitrogens with one attached hydrogen (secondary N) is 2. The minimum absolute atomic E-state index is 0.353. The van der Waals surface area contributed by atoms with Crippen LogP contribution in [0.5, 0.6) is 0 Å². The Bertz CT molecular complexity index is 659. The van der Waals surface area contributed by atoms with Crippen molar-refractivity contribution in [1.29, 1.82) is 0 Å². The smallest absolute Gasteiger partial charge is 0.191 e. The molecule has 0 atom stereocenters. The van der Waals surface area contributed by atoms with Crippen molar-refractivity contribution >= 4 is 15.8 Å². The lowest BCUT2D eigenvalue weighted by atomic mass is 10.1. The minimum atomic E-state index is -3.14. The van der Waals surface area contributed by atoms with Crippen molar-refractivity contribution < 1.29 is 8.42 Å². The molecule has 1 aromatic rings. The van der Waals surface area contributed by atoms with Gasteiger partial charge in [0.1, 0.15) is 0 Å². The van der Waals surface area contributed by atoms with Crippen LogP contribution in [0.1, 0.15) is 33.3 Å². The molecule has 0 bridgehead atoms. The highest BCUT2D eigenvalue weighted by atomic mass is 32.2. The zero-order valence-corrected chi connectivity index (χ0v) is 17.7. The Balaban J connectivity index is 2.41. The average Bonchev–Trinajstić information content (AvgIpc) is 2.55. The van der Waals surface area contributed by atoms with Crippen molar-refractivity contribution in [1.82, 2.24) is 15.5 Å². The fourth-order valence-corrected chi connectivity index (χ4v) is 3.50. The first-order valence-electron chi connectivity index (χ1n) is 9.14. The molecule has 7 heteroatoms. The van der Waals surface area contributed by atoms with Crippen molar-refractivity contribution in [2.45, 2.75) is 51.1 Å². The predicted octanol–water partition coefficient (Wildman–Crippen LogP) is 1.92. The van der Waals surface area contributed by atoms with Gasteiger partial charge in [0.05, 0.1) is 4.90 Å². The van der Waals surface area contributed by atoms with Gasteiger partial charge in [0.15, 0.2) is 15.8 Å². The molecule has 0 spiro atoms. The molecule has 2 N–H and O–H groups in total. The van der Waals surface area contributed by atoms with Crippen LogP contribution in [0.4, 0.5) is 0 Å². The second kappa shape index (κ2) is 10.5. The molecule has 0 aliphatic heterocycles. The van der Waals surface area contributed by atoms with Crippen LogP contribution < -0.4 is 10.6 Å². The number of guanidine groups is 1. The maximum absolute atomic E-state index is 11.5. The first-order valence-corrected chi connectivity index (χ1v) is 11.0. The van der Waals surface area contributed by atoms with Gasteiger partial charge in [-0.15, -0.1) is 0 Å². The molecule has 26 heavy (non-hydrogen) atoms. The Morgan fingerprint density at radius 3 is 2.04 bits per heavy atom. The Hall–Kier alpha value is -1.60. The number of nitrogens with zero attached hydrogens (tertiary/aromatic N) is 2. The van der Waals surface area contributed by atoms with Crippen molar-refractivity contribution in [2.24, 2.45) is 4.99 Å². The standard InChI is InChI=1S/C19H34N4O2S/c1-15(2)23(16(3)4)14-13-22-19(20-5)21-12-11-17-7-9-18(10-8-17)26(6,24)25/h7-10,15-16H,11-14H2,1-6H3,(H2,20,21,22). The second-order valence-electron chi connectivity index (χ2n) is 7.02. The molecule has 0 heterocycles. The largest absolute Gasteiger partial charge is 0.356 e. The molecule has 0 unspecified atom stereocenters. The molecule has 6 nitrogen and oxygen atoms in total. The highest BCUT2D eigenvalue weighted by molar-refractivity contribution is 7.90. The molecule has 0 aliphatic carbocycles. The predicted molar refractivity (Wildman–Crippen MR) is 110 cm³/mol. The Morgan fingerprint density at radius 2 is 1.58 bits per heavy atom. The van der Waals surface area contributed by atoms with E-state index in [1.807, 2.05) is 12.1 Å². The Kier molecular flexibility index (Phi) is 9.08. The van der Waals surface area contributed by atoms with E-state index in [0.29, 0.717) is 17.0 Å². The molecule has 0 radical (unpaired) electrons. The monoisotopic (exact) mass is 382 g/mol. The highest BCUT2D eigenvalue weighted by Gasteiger charge is 2.12. The number of benzene rings is 1. The normalized spacial score (nSPS) is 12.9. The van der Waals surface area contributed by atoms with Gasteiger partial charge < -0.3 is 10.6 Å². The molecule has 0 saturated carbocycles. The van der Waals surface area contributed by atoms with Gasteiger partial charge in [-0.25, -0.2) is 8.42 Å².